The van der Waals surface area contributed by atoms with Crippen molar-refractivity contribution in [3.63, 3.8) is 0 Å². The SMILES string of the molecule is N[C@H]1CCN(CCC(=O)Nc2c(Cl)cccc2Cl)C1. The first-order valence-electron chi connectivity index (χ1n) is 6.28. The van der Waals surface area contributed by atoms with Crippen molar-refractivity contribution in [2.24, 2.45) is 5.73 Å². The highest BCUT2D eigenvalue weighted by Gasteiger charge is 2.19. The van der Waals surface area contributed by atoms with Crippen LogP contribution in [0, 0.1) is 0 Å². The molecule has 0 bridgehead atoms. The van der Waals surface area contributed by atoms with E-state index in [9.17, 15) is 4.79 Å². The zero-order valence-electron chi connectivity index (χ0n) is 10.5. The molecule has 0 spiro atoms. The van der Waals surface area contributed by atoms with Gasteiger partial charge in [0.2, 0.25) is 5.91 Å². The van der Waals surface area contributed by atoms with Gasteiger partial charge in [-0.3, -0.25) is 4.79 Å². The summed E-state index contributed by atoms with van der Waals surface area (Å²) in [5.74, 6) is -0.0875. The van der Waals surface area contributed by atoms with Crippen molar-refractivity contribution in [1.29, 1.82) is 0 Å². The molecule has 0 saturated carbocycles. The summed E-state index contributed by atoms with van der Waals surface area (Å²) in [7, 11) is 0. The molecule has 4 nitrogen and oxygen atoms in total. The minimum Gasteiger partial charge on any atom is -0.326 e. The van der Waals surface area contributed by atoms with Crippen LogP contribution in [-0.2, 0) is 4.79 Å². The Balaban J connectivity index is 1.84. The Kier molecular flexibility index (Phi) is 5.05. The predicted octanol–water partition coefficient (Wildman–Crippen LogP) is 2.36. The summed E-state index contributed by atoms with van der Waals surface area (Å²) in [6.07, 6.45) is 1.41. The number of nitrogens with two attached hydrogens (primary N) is 1. The third-order valence-electron chi connectivity index (χ3n) is 3.19. The number of halogens is 2. The third-order valence-corrected chi connectivity index (χ3v) is 3.82. The van der Waals surface area contributed by atoms with Crippen molar-refractivity contribution >= 4 is 34.8 Å². The predicted molar refractivity (Wildman–Crippen MR) is 78.7 cm³/mol. The fraction of sp³-hybridized carbons (Fsp3) is 0.462. The van der Waals surface area contributed by atoms with Crippen molar-refractivity contribution < 1.29 is 4.79 Å². The highest BCUT2D eigenvalue weighted by atomic mass is 35.5. The Morgan fingerprint density at radius 2 is 2.11 bits per heavy atom. The summed E-state index contributed by atoms with van der Waals surface area (Å²) in [5, 5.41) is 3.65. The van der Waals surface area contributed by atoms with E-state index in [2.05, 4.69) is 10.2 Å². The molecule has 1 fully saturated rings. The van der Waals surface area contributed by atoms with E-state index in [0.717, 1.165) is 19.5 Å². The number of nitrogens with one attached hydrogen (secondary N) is 1. The number of hydrogen-bond donors (Lipinski definition) is 2. The van der Waals surface area contributed by atoms with Gasteiger partial charge in [0, 0.05) is 25.6 Å². The Bertz CT molecular complexity index is 447. The number of para-hydroxylation sites is 1. The highest BCUT2D eigenvalue weighted by molar-refractivity contribution is 6.39. The van der Waals surface area contributed by atoms with Crippen LogP contribution in [0.1, 0.15) is 12.8 Å². The van der Waals surface area contributed by atoms with E-state index in [-0.39, 0.29) is 11.9 Å². The lowest BCUT2D eigenvalue weighted by Crippen LogP contribution is -2.29. The van der Waals surface area contributed by atoms with Gasteiger partial charge in [-0.05, 0) is 25.1 Å². The number of amides is 1. The number of likely N-dealkylation sites (tertiary alicyclic amines) is 1. The van der Waals surface area contributed by atoms with Gasteiger partial charge in [-0.15, -0.1) is 0 Å². The molecule has 2 rings (SSSR count). The molecule has 1 aliphatic heterocycles. The van der Waals surface area contributed by atoms with Crippen LogP contribution in [0.5, 0.6) is 0 Å². The van der Waals surface area contributed by atoms with Gasteiger partial charge in [-0.2, -0.15) is 0 Å². The van der Waals surface area contributed by atoms with Crippen LogP contribution in [-0.4, -0.2) is 36.5 Å². The molecule has 0 radical (unpaired) electrons. The fourth-order valence-corrected chi connectivity index (χ4v) is 2.64. The number of carbonyl (C=O) groups excluding carboxylic acids is 1. The average Bonchev–Trinajstić information content (AvgIpc) is 2.77. The normalized spacial score (nSPS) is 19.6. The maximum atomic E-state index is 11.9. The molecule has 1 amide bonds. The number of anilines is 1. The van der Waals surface area contributed by atoms with Crippen molar-refractivity contribution in [1.82, 2.24) is 4.90 Å². The zero-order valence-corrected chi connectivity index (χ0v) is 12.0. The molecular formula is C13H17Cl2N3O. The van der Waals surface area contributed by atoms with Crippen LogP contribution in [0.3, 0.4) is 0 Å². The number of carbonyl (C=O) groups is 1. The molecule has 0 unspecified atom stereocenters. The lowest BCUT2D eigenvalue weighted by atomic mass is 10.3. The van der Waals surface area contributed by atoms with Gasteiger partial charge >= 0.3 is 0 Å². The largest absolute Gasteiger partial charge is 0.326 e. The van der Waals surface area contributed by atoms with Gasteiger partial charge in [-0.25, -0.2) is 0 Å². The summed E-state index contributed by atoms with van der Waals surface area (Å²) in [6, 6.07) is 5.37. The Hall–Kier alpha value is -0.810. The van der Waals surface area contributed by atoms with Crippen molar-refractivity contribution in [3.05, 3.63) is 28.2 Å². The van der Waals surface area contributed by atoms with Crippen LogP contribution in [0.4, 0.5) is 5.69 Å². The van der Waals surface area contributed by atoms with Crippen LogP contribution < -0.4 is 11.1 Å². The summed E-state index contributed by atoms with van der Waals surface area (Å²) >= 11 is 12.0. The second-order valence-corrected chi connectivity index (χ2v) is 5.56. The van der Waals surface area contributed by atoms with Gasteiger partial charge in [0.05, 0.1) is 15.7 Å². The van der Waals surface area contributed by atoms with E-state index in [1.165, 1.54) is 0 Å². The Morgan fingerprint density at radius 1 is 1.42 bits per heavy atom. The minimum absolute atomic E-state index is 0.0875. The first-order chi connectivity index (χ1) is 9.06. The third kappa shape index (κ3) is 4.08. The van der Waals surface area contributed by atoms with Crippen LogP contribution in [0.25, 0.3) is 0 Å². The number of nitrogens with zero attached hydrogens (tertiary/aromatic N) is 1. The first kappa shape index (κ1) is 14.6. The van der Waals surface area contributed by atoms with E-state index < -0.39 is 0 Å². The maximum Gasteiger partial charge on any atom is 0.225 e. The second-order valence-electron chi connectivity index (χ2n) is 4.74. The monoisotopic (exact) mass is 301 g/mol. The zero-order chi connectivity index (χ0) is 13.8. The van der Waals surface area contributed by atoms with Crippen LogP contribution >= 0.6 is 23.2 Å². The van der Waals surface area contributed by atoms with Crippen LogP contribution in [0.2, 0.25) is 10.0 Å². The molecule has 1 aliphatic rings. The van der Waals surface area contributed by atoms with Crippen molar-refractivity contribution in [2.75, 3.05) is 25.0 Å². The average molecular weight is 302 g/mol. The Labute approximate surface area is 122 Å². The maximum absolute atomic E-state index is 11.9. The second kappa shape index (κ2) is 6.57. The number of rotatable bonds is 4. The Morgan fingerprint density at radius 3 is 2.68 bits per heavy atom. The highest BCUT2D eigenvalue weighted by Crippen LogP contribution is 2.29. The molecular weight excluding hydrogens is 285 g/mol. The lowest BCUT2D eigenvalue weighted by molar-refractivity contribution is -0.116. The quantitative estimate of drug-likeness (QED) is 0.897. The van der Waals surface area contributed by atoms with E-state index in [0.29, 0.717) is 28.7 Å². The molecule has 0 aromatic heterocycles. The molecule has 1 atom stereocenters. The lowest BCUT2D eigenvalue weighted by Gasteiger charge is -2.15. The van der Waals surface area contributed by atoms with Crippen LogP contribution in [0.15, 0.2) is 18.2 Å². The topological polar surface area (TPSA) is 58.4 Å². The smallest absolute Gasteiger partial charge is 0.225 e. The molecule has 19 heavy (non-hydrogen) atoms. The fourth-order valence-electron chi connectivity index (χ4n) is 2.14. The summed E-state index contributed by atoms with van der Waals surface area (Å²) in [5.41, 5.74) is 6.30. The van der Waals surface area contributed by atoms with E-state index in [1.54, 1.807) is 18.2 Å². The molecule has 3 N–H and O–H groups in total. The van der Waals surface area contributed by atoms with Gasteiger partial charge in [-0.1, -0.05) is 29.3 Å². The number of hydrogen-bond acceptors (Lipinski definition) is 3. The van der Waals surface area contributed by atoms with Gasteiger partial charge in [0.25, 0.3) is 0 Å². The molecule has 0 aliphatic carbocycles. The molecule has 1 saturated heterocycles. The molecule has 6 heteroatoms. The first-order valence-corrected chi connectivity index (χ1v) is 7.03. The van der Waals surface area contributed by atoms with E-state index in [4.69, 9.17) is 28.9 Å². The van der Waals surface area contributed by atoms with Gasteiger partial charge in [0.1, 0.15) is 0 Å². The molecule has 1 aromatic rings. The van der Waals surface area contributed by atoms with Gasteiger partial charge in [0.15, 0.2) is 0 Å². The van der Waals surface area contributed by atoms with Gasteiger partial charge < -0.3 is 16.0 Å². The standard InChI is InChI=1S/C13H17Cl2N3O/c14-10-2-1-3-11(15)13(10)17-12(19)5-7-18-6-4-9(16)8-18/h1-3,9H,4-8,16H2,(H,17,19)/t9-/m0/s1. The number of benzene rings is 1. The molecule has 1 aromatic carbocycles. The van der Waals surface area contributed by atoms with E-state index in [1.807, 2.05) is 0 Å². The summed E-state index contributed by atoms with van der Waals surface area (Å²) in [6.45, 7) is 2.53. The van der Waals surface area contributed by atoms with Crippen molar-refractivity contribution in [2.45, 2.75) is 18.9 Å². The minimum atomic E-state index is -0.0875. The summed E-state index contributed by atoms with van der Waals surface area (Å²) in [4.78, 5) is 14.1. The van der Waals surface area contributed by atoms with Crippen molar-refractivity contribution in [3.8, 4) is 0 Å². The van der Waals surface area contributed by atoms with E-state index >= 15 is 0 Å². The summed E-state index contributed by atoms with van der Waals surface area (Å²) < 4.78 is 0. The molecule has 104 valence electrons. The molecule has 1 heterocycles.